The van der Waals surface area contributed by atoms with Crippen molar-refractivity contribution in [1.82, 2.24) is 15.5 Å². The summed E-state index contributed by atoms with van der Waals surface area (Å²) < 4.78 is 19.2. The van der Waals surface area contributed by atoms with Gasteiger partial charge in [-0.15, -0.1) is 0 Å². The first-order valence-electron chi connectivity index (χ1n) is 11.3. The summed E-state index contributed by atoms with van der Waals surface area (Å²) >= 11 is 5.91. The van der Waals surface area contributed by atoms with Gasteiger partial charge in [0.2, 0.25) is 5.91 Å². The first-order chi connectivity index (χ1) is 16.8. The van der Waals surface area contributed by atoms with Crippen molar-refractivity contribution in [2.45, 2.75) is 38.3 Å². The third-order valence-electron chi connectivity index (χ3n) is 5.97. The largest absolute Gasteiger partial charge is 0.459 e. The smallest absolute Gasteiger partial charge is 0.325 e. The molecule has 4 amide bonds. The van der Waals surface area contributed by atoms with Gasteiger partial charge in [0, 0.05) is 10.6 Å². The zero-order chi connectivity index (χ0) is 25.0. The lowest BCUT2D eigenvalue weighted by Crippen LogP contribution is -2.45. The first kappa shape index (κ1) is 24.5. The highest BCUT2D eigenvalue weighted by Gasteiger charge is 2.52. The molecular weight excluding hydrogens is 473 g/mol. The molecule has 0 aliphatic carbocycles. The van der Waals surface area contributed by atoms with Crippen LogP contribution in [-0.4, -0.2) is 29.3 Å². The number of nitrogens with zero attached hydrogens (tertiary/aromatic N) is 1. The monoisotopic (exact) mass is 497 g/mol. The Kier molecular flexibility index (Phi) is 7.21. The zero-order valence-corrected chi connectivity index (χ0v) is 19.9. The maximum atomic E-state index is 13.5. The van der Waals surface area contributed by atoms with Gasteiger partial charge in [-0.1, -0.05) is 43.5 Å². The molecule has 2 aromatic carbocycles. The van der Waals surface area contributed by atoms with Gasteiger partial charge in [-0.25, -0.2) is 9.18 Å². The van der Waals surface area contributed by atoms with E-state index in [1.807, 2.05) is 19.1 Å². The molecule has 1 saturated heterocycles. The van der Waals surface area contributed by atoms with E-state index < -0.39 is 35.7 Å². The molecule has 9 heteroatoms. The summed E-state index contributed by atoms with van der Waals surface area (Å²) in [4.78, 5) is 39.6. The fourth-order valence-corrected chi connectivity index (χ4v) is 4.21. The molecule has 4 rings (SSSR count). The van der Waals surface area contributed by atoms with Gasteiger partial charge in [0.25, 0.3) is 5.91 Å². The summed E-state index contributed by atoms with van der Waals surface area (Å²) in [5.41, 5.74) is 0.00435. The Morgan fingerprint density at radius 2 is 1.80 bits per heavy atom. The van der Waals surface area contributed by atoms with Gasteiger partial charge in [-0.05, 0) is 60.5 Å². The fourth-order valence-electron chi connectivity index (χ4n) is 4.08. The number of halogens is 2. The molecule has 0 spiro atoms. The van der Waals surface area contributed by atoms with E-state index in [1.54, 1.807) is 24.3 Å². The molecule has 1 fully saturated rings. The van der Waals surface area contributed by atoms with Crippen LogP contribution in [0.15, 0.2) is 65.1 Å². The number of carbonyl (C=O) groups is 3. The molecule has 1 aromatic heterocycles. The molecule has 3 aromatic rings. The molecule has 0 bridgehead atoms. The van der Waals surface area contributed by atoms with Crippen molar-refractivity contribution in [1.29, 1.82) is 0 Å². The summed E-state index contributed by atoms with van der Waals surface area (Å²) in [5.74, 6) is -0.335. The summed E-state index contributed by atoms with van der Waals surface area (Å²) in [6.45, 7) is 1.62. The summed E-state index contributed by atoms with van der Waals surface area (Å²) in [7, 11) is 0. The van der Waals surface area contributed by atoms with Gasteiger partial charge in [0.05, 0.1) is 6.54 Å². The summed E-state index contributed by atoms with van der Waals surface area (Å²) in [6.07, 6.45) is 1.81. The van der Waals surface area contributed by atoms with E-state index >= 15 is 0 Å². The molecule has 35 heavy (non-hydrogen) atoms. The van der Waals surface area contributed by atoms with Gasteiger partial charge in [-0.2, -0.15) is 0 Å². The second-order valence-electron chi connectivity index (χ2n) is 8.39. The lowest BCUT2D eigenvalue weighted by atomic mass is 9.85. The van der Waals surface area contributed by atoms with Crippen LogP contribution >= 0.6 is 11.6 Å². The van der Waals surface area contributed by atoms with Crippen LogP contribution in [0.3, 0.4) is 0 Å². The van der Waals surface area contributed by atoms with E-state index in [0.29, 0.717) is 34.9 Å². The van der Waals surface area contributed by atoms with Gasteiger partial charge >= 0.3 is 6.03 Å². The highest BCUT2D eigenvalue weighted by atomic mass is 35.5. The molecule has 1 unspecified atom stereocenters. The average Bonchev–Trinajstić information content (AvgIpc) is 3.41. The normalized spacial score (nSPS) is 17.5. The van der Waals surface area contributed by atoms with Crippen LogP contribution in [0.1, 0.15) is 37.5 Å². The Bertz CT molecular complexity index is 1230. The molecule has 1 aliphatic heterocycles. The van der Waals surface area contributed by atoms with Crippen LogP contribution in [0.4, 0.5) is 9.18 Å². The molecule has 0 radical (unpaired) electrons. The summed E-state index contributed by atoms with van der Waals surface area (Å²) in [6, 6.07) is 15.5. The topological polar surface area (TPSA) is 91.7 Å². The van der Waals surface area contributed by atoms with Crippen LogP contribution in [-0.2, 0) is 21.7 Å². The van der Waals surface area contributed by atoms with Gasteiger partial charge in [0.1, 0.15) is 29.4 Å². The van der Waals surface area contributed by atoms with Crippen molar-refractivity contribution in [2.24, 2.45) is 0 Å². The minimum atomic E-state index is -1.32. The Morgan fingerprint density at radius 1 is 1.09 bits per heavy atom. The predicted octanol–water partition coefficient (Wildman–Crippen LogP) is 4.99. The highest BCUT2D eigenvalue weighted by Crippen LogP contribution is 2.34. The highest BCUT2D eigenvalue weighted by molar-refractivity contribution is 6.30. The van der Waals surface area contributed by atoms with Crippen molar-refractivity contribution >= 4 is 29.4 Å². The molecule has 1 aliphatic rings. The zero-order valence-electron chi connectivity index (χ0n) is 19.1. The van der Waals surface area contributed by atoms with E-state index in [1.165, 1.54) is 24.3 Å². The maximum absolute atomic E-state index is 13.5. The molecular formula is C26H25ClFN3O4. The van der Waals surface area contributed by atoms with E-state index in [0.717, 1.165) is 16.9 Å². The lowest BCUT2D eigenvalue weighted by Gasteiger charge is -2.27. The van der Waals surface area contributed by atoms with Crippen molar-refractivity contribution in [3.05, 3.63) is 82.8 Å². The fraction of sp³-hybridized carbons (Fsp3) is 0.269. The molecule has 1 atom stereocenters. The van der Waals surface area contributed by atoms with E-state index in [2.05, 4.69) is 10.6 Å². The third-order valence-corrected chi connectivity index (χ3v) is 6.22. The van der Waals surface area contributed by atoms with Crippen LogP contribution in [0.2, 0.25) is 5.02 Å². The van der Waals surface area contributed by atoms with Crippen molar-refractivity contribution in [3.63, 3.8) is 0 Å². The Hall–Kier alpha value is -3.65. The number of imide groups is 1. The van der Waals surface area contributed by atoms with E-state index in [4.69, 9.17) is 16.0 Å². The predicted molar refractivity (Wildman–Crippen MR) is 129 cm³/mol. The quantitative estimate of drug-likeness (QED) is 0.407. The number of benzene rings is 2. The van der Waals surface area contributed by atoms with Crippen molar-refractivity contribution in [3.8, 4) is 11.3 Å². The number of amides is 4. The average molecular weight is 498 g/mol. The van der Waals surface area contributed by atoms with Crippen LogP contribution in [0.5, 0.6) is 0 Å². The number of carbonyl (C=O) groups excluding carboxylic acids is 3. The second kappa shape index (κ2) is 10.3. The van der Waals surface area contributed by atoms with Crippen molar-refractivity contribution < 1.29 is 23.2 Å². The SMILES string of the molecule is CCCCC1(c2ccc(F)cc2)NC(=O)N(CC(=O)NCc2ccc(-c3ccc(Cl)cc3)o2)C1=O. The van der Waals surface area contributed by atoms with E-state index in [-0.39, 0.29) is 6.54 Å². The molecule has 182 valence electrons. The maximum Gasteiger partial charge on any atom is 0.325 e. The van der Waals surface area contributed by atoms with Gasteiger partial charge in [0.15, 0.2) is 0 Å². The van der Waals surface area contributed by atoms with Crippen LogP contribution < -0.4 is 10.6 Å². The first-order valence-corrected chi connectivity index (χ1v) is 11.7. The molecule has 7 nitrogen and oxygen atoms in total. The molecule has 2 heterocycles. The third kappa shape index (κ3) is 5.22. The molecule has 0 saturated carbocycles. The van der Waals surface area contributed by atoms with E-state index in [9.17, 15) is 18.8 Å². The number of hydrogen-bond donors (Lipinski definition) is 2. The number of unbranched alkanes of at least 4 members (excludes halogenated alkanes) is 1. The molecule has 2 N–H and O–H groups in total. The Balaban J connectivity index is 1.42. The summed E-state index contributed by atoms with van der Waals surface area (Å²) in [5, 5.41) is 6.05. The number of rotatable bonds is 9. The minimum absolute atomic E-state index is 0.0923. The lowest BCUT2D eigenvalue weighted by molar-refractivity contribution is -0.135. The number of furan rings is 1. The Labute approximate surface area is 207 Å². The van der Waals surface area contributed by atoms with Gasteiger partial charge < -0.3 is 15.1 Å². The van der Waals surface area contributed by atoms with Crippen LogP contribution in [0, 0.1) is 5.82 Å². The minimum Gasteiger partial charge on any atom is -0.459 e. The van der Waals surface area contributed by atoms with Gasteiger partial charge in [-0.3, -0.25) is 14.5 Å². The number of urea groups is 1. The second-order valence-corrected chi connectivity index (χ2v) is 8.82. The van der Waals surface area contributed by atoms with Crippen molar-refractivity contribution in [2.75, 3.05) is 6.54 Å². The Morgan fingerprint density at radius 3 is 2.49 bits per heavy atom. The standard InChI is InChI=1S/C26H25ClFN3O4/c1-2-3-14-26(18-6-10-20(28)11-7-18)24(33)31(25(34)30-26)16-23(32)29-15-21-12-13-22(35-21)17-4-8-19(27)9-5-17/h4-13H,2-3,14-16H2,1H3,(H,29,32)(H,30,34). The number of hydrogen-bond acceptors (Lipinski definition) is 4. The van der Waals surface area contributed by atoms with Crippen LogP contribution in [0.25, 0.3) is 11.3 Å². The number of nitrogens with one attached hydrogen (secondary N) is 2.